The Bertz CT molecular complexity index is 478. The molecule has 0 radical (unpaired) electrons. The van der Waals surface area contributed by atoms with E-state index in [0.29, 0.717) is 12.5 Å². The lowest BCUT2D eigenvalue weighted by Crippen LogP contribution is -2.50. The van der Waals surface area contributed by atoms with Crippen molar-refractivity contribution in [3.05, 3.63) is 35.9 Å². The largest absolute Gasteiger partial charge is 0.394 e. The van der Waals surface area contributed by atoms with Crippen molar-refractivity contribution in [1.82, 2.24) is 15.5 Å². The first kappa shape index (κ1) is 17.8. The number of benzene rings is 1. The van der Waals surface area contributed by atoms with E-state index in [2.05, 4.69) is 29.6 Å². The minimum atomic E-state index is -0.259. The lowest BCUT2D eigenvalue weighted by Gasteiger charge is -2.34. The first-order valence-electron chi connectivity index (χ1n) is 8.46. The number of urea groups is 1. The number of carbonyl (C=O) groups excluding carboxylic acids is 1. The Balaban J connectivity index is 1.80. The fourth-order valence-electron chi connectivity index (χ4n) is 3.24. The van der Waals surface area contributed by atoms with Gasteiger partial charge in [0.25, 0.3) is 0 Å². The third-order valence-corrected chi connectivity index (χ3v) is 4.59. The van der Waals surface area contributed by atoms with Gasteiger partial charge in [-0.25, -0.2) is 4.79 Å². The summed E-state index contributed by atoms with van der Waals surface area (Å²) in [6.45, 7) is -0.0622. The zero-order valence-corrected chi connectivity index (χ0v) is 14.2. The maximum Gasteiger partial charge on any atom is 0.315 e. The number of aliphatic hydroxyl groups is 1. The van der Waals surface area contributed by atoms with Gasteiger partial charge in [-0.1, -0.05) is 30.3 Å². The van der Waals surface area contributed by atoms with E-state index in [9.17, 15) is 9.90 Å². The third kappa shape index (κ3) is 5.84. The summed E-state index contributed by atoms with van der Waals surface area (Å²) in [7, 11) is 4.18. The molecule has 5 nitrogen and oxygen atoms in total. The lowest BCUT2D eigenvalue weighted by atomic mass is 9.90. The van der Waals surface area contributed by atoms with Gasteiger partial charge in [0.1, 0.15) is 0 Å². The molecule has 1 fully saturated rings. The Morgan fingerprint density at radius 1 is 1.30 bits per heavy atom. The molecule has 0 saturated heterocycles. The van der Waals surface area contributed by atoms with Gasteiger partial charge in [-0.15, -0.1) is 0 Å². The summed E-state index contributed by atoms with van der Waals surface area (Å²) in [5, 5.41) is 15.5. The van der Waals surface area contributed by atoms with Gasteiger partial charge in [-0.2, -0.15) is 0 Å². The Labute approximate surface area is 139 Å². The van der Waals surface area contributed by atoms with Gasteiger partial charge in [0.2, 0.25) is 0 Å². The van der Waals surface area contributed by atoms with Crippen molar-refractivity contribution in [2.45, 2.75) is 50.2 Å². The maximum absolute atomic E-state index is 12.2. The predicted octanol–water partition coefficient (Wildman–Crippen LogP) is 1.76. The van der Waals surface area contributed by atoms with Gasteiger partial charge in [0.15, 0.2) is 0 Å². The number of hydrogen-bond donors (Lipinski definition) is 3. The first-order chi connectivity index (χ1) is 11.1. The summed E-state index contributed by atoms with van der Waals surface area (Å²) in [6.07, 6.45) is 4.99. The maximum atomic E-state index is 12.2. The van der Waals surface area contributed by atoms with Crippen LogP contribution in [-0.2, 0) is 6.42 Å². The summed E-state index contributed by atoms with van der Waals surface area (Å²) in [4.78, 5) is 14.4. The summed E-state index contributed by atoms with van der Waals surface area (Å²) in [5.74, 6) is 0. The van der Waals surface area contributed by atoms with Crippen LogP contribution in [0.15, 0.2) is 30.3 Å². The molecular formula is C18H29N3O2. The van der Waals surface area contributed by atoms with E-state index in [0.717, 1.165) is 24.8 Å². The monoisotopic (exact) mass is 319 g/mol. The highest BCUT2D eigenvalue weighted by molar-refractivity contribution is 5.74. The zero-order valence-electron chi connectivity index (χ0n) is 14.2. The molecule has 5 heteroatoms. The number of hydrogen-bond acceptors (Lipinski definition) is 3. The highest BCUT2D eigenvalue weighted by Crippen LogP contribution is 2.21. The molecule has 0 aromatic heterocycles. The van der Waals surface area contributed by atoms with Crippen molar-refractivity contribution in [3.8, 4) is 0 Å². The van der Waals surface area contributed by atoms with Gasteiger partial charge in [-0.05, 0) is 51.8 Å². The number of amides is 2. The standard InChI is InChI=1S/C18H29N3O2/c1-21(2)17-10-6-9-15(12-17)19-18(23)20-16(13-22)11-14-7-4-3-5-8-14/h3-5,7-8,15-17,22H,6,9-13H2,1-2H3,(H2,19,20,23)/t15?,16-,17?/m0/s1. The molecule has 3 atom stereocenters. The van der Waals surface area contributed by atoms with Crippen LogP contribution >= 0.6 is 0 Å². The highest BCUT2D eigenvalue weighted by Gasteiger charge is 2.25. The Kier molecular flexibility index (Phi) is 6.86. The summed E-state index contributed by atoms with van der Waals surface area (Å²) in [6, 6.07) is 10.2. The molecule has 0 heterocycles. The number of nitrogens with one attached hydrogen (secondary N) is 2. The number of rotatable bonds is 6. The van der Waals surface area contributed by atoms with Crippen molar-refractivity contribution >= 4 is 6.03 Å². The van der Waals surface area contributed by atoms with E-state index < -0.39 is 0 Å². The third-order valence-electron chi connectivity index (χ3n) is 4.59. The summed E-state index contributed by atoms with van der Waals surface area (Å²) in [5.41, 5.74) is 1.11. The minimum Gasteiger partial charge on any atom is -0.394 e. The molecule has 1 aliphatic carbocycles. The average molecular weight is 319 g/mol. The zero-order chi connectivity index (χ0) is 16.7. The topological polar surface area (TPSA) is 64.6 Å². The molecule has 1 aromatic rings. The van der Waals surface area contributed by atoms with Crippen LogP contribution in [0.4, 0.5) is 4.79 Å². The van der Waals surface area contributed by atoms with Crippen LogP contribution in [-0.4, -0.2) is 54.9 Å². The van der Waals surface area contributed by atoms with Crippen LogP contribution in [0, 0.1) is 0 Å². The van der Waals surface area contributed by atoms with Crippen molar-refractivity contribution in [1.29, 1.82) is 0 Å². The second kappa shape index (κ2) is 8.89. The second-order valence-electron chi connectivity index (χ2n) is 6.67. The Morgan fingerprint density at radius 2 is 2.04 bits per heavy atom. The van der Waals surface area contributed by atoms with E-state index in [-0.39, 0.29) is 24.7 Å². The molecule has 3 N–H and O–H groups in total. The van der Waals surface area contributed by atoms with Gasteiger partial charge in [0, 0.05) is 12.1 Å². The van der Waals surface area contributed by atoms with Crippen molar-refractivity contribution in [2.24, 2.45) is 0 Å². The molecule has 1 aromatic carbocycles. The van der Waals surface area contributed by atoms with E-state index in [4.69, 9.17) is 0 Å². The SMILES string of the molecule is CN(C)C1CCCC(NC(=O)N[C@H](CO)Cc2ccccc2)C1. The van der Waals surface area contributed by atoms with E-state index >= 15 is 0 Å². The molecule has 0 bridgehead atoms. The van der Waals surface area contributed by atoms with E-state index in [1.54, 1.807) is 0 Å². The molecule has 128 valence electrons. The Hall–Kier alpha value is -1.59. The van der Waals surface area contributed by atoms with Crippen LogP contribution in [0.2, 0.25) is 0 Å². The smallest absolute Gasteiger partial charge is 0.315 e. The molecule has 0 spiro atoms. The number of carbonyl (C=O) groups is 1. The van der Waals surface area contributed by atoms with Crippen molar-refractivity contribution in [3.63, 3.8) is 0 Å². The van der Waals surface area contributed by atoms with Gasteiger partial charge in [0.05, 0.1) is 12.6 Å². The normalized spacial score (nSPS) is 22.6. The lowest BCUT2D eigenvalue weighted by molar-refractivity contribution is 0.187. The van der Waals surface area contributed by atoms with E-state index in [1.165, 1.54) is 6.42 Å². The average Bonchev–Trinajstić information content (AvgIpc) is 2.55. The predicted molar refractivity (Wildman–Crippen MR) is 92.4 cm³/mol. The molecule has 23 heavy (non-hydrogen) atoms. The van der Waals surface area contributed by atoms with Gasteiger partial charge in [-0.3, -0.25) is 0 Å². The highest BCUT2D eigenvalue weighted by atomic mass is 16.3. The molecule has 2 amide bonds. The van der Waals surface area contributed by atoms with Crippen molar-refractivity contribution in [2.75, 3.05) is 20.7 Å². The molecule has 1 saturated carbocycles. The van der Waals surface area contributed by atoms with Crippen LogP contribution in [0.5, 0.6) is 0 Å². The van der Waals surface area contributed by atoms with Crippen LogP contribution < -0.4 is 10.6 Å². The van der Waals surface area contributed by atoms with Crippen molar-refractivity contribution < 1.29 is 9.90 Å². The van der Waals surface area contributed by atoms with Crippen LogP contribution in [0.3, 0.4) is 0 Å². The summed E-state index contributed by atoms with van der Waals surface area (Å²) >= 11 is 0. The van der Waals surface area contributed by atoms with Crippen LogP contribution in [0.25, 0.3) is 0 Å². The fourth-order valence-corrected chi connectivity index (χ4v) is 3.24. The second-order valence-corrected chi connectivity index (χ2v) is 6.67. The number of aliphatic hydroxyl groups excluding tert-OH is 1. The quantitative estimate of drug-likeness (QED) is 0.749. The first-order valence-corrected chi connectivity index (χ1v) is 8.46. The fraction of sp³-hybridized carbons (Fsp3) is 0.611. The molecule has 0 aliphatic heterocycles. The van der Waals surface area contributed by atoms with E-state index in [1.807, 2.05) is 30.3 Å². The molecule has 2 unspecified atom stereocenters. The summed E-state index contributed by atoms with van der Waals surface area (Å²) < 4.78 is 0. The van der Waals surface area contributed by atoms with Gasteiger partial charge >= 0.3 is 6.03 Å². The minimum absolute atomic E-state index is 0.0622. The number of nitrogens with zero attached hydrogens (tertiary/aromatic N) is 1. The van der Waals surface area contributed by atoms with Crippen LogP contribution in [0.1, 0.15) is 31.2 Å². The molecular weight excluding hydrogens is 290 g/mol. The van der Waals surface area contributed by atoms with Gasteiger partial charge < -0.3 is 20.6 Å². The molecule has 1 aliphatic rings. The Morgan fingerprint density at radius 3 is 2.70 bits per heavy atom. The molecule has 2 rings (SSSR count).